The van der Waals surface area contributed by atoms with Gasteiger partial charge in [0.2, 0.25) is 0 Å². The zero-order chi connectivity index (χ0) is 15.4. The van der Waals surface area contributed by atoms with Crippen LogP contribution in [0.3, 0.4) is 0 Å². The summed E-state index contributed by atoms with van der Waals surface area (Å²) in [6.07, 6.45) is 0. The van der Waals surface area contributed by atoms with E-state index in [0.717, 1.165) is 5.56 Å². The lowest BCUT2D eigenvalue weighted by Crippen LogP contribution is -2.12. The van der Waals surface area contributed by atoms with Gasteiger partial charge in [-0.3, -0.25) is 4.79 Å². The third-order valence-corrected chi connectivity index (χ3v) is 3.03. The van der Waals surface area contributed by atoms with Crippen LogP contribution in [0.25, 0.3) is 0 Å². The Morgan fingerprint density at radius 2 is 1.90 bits per heavy atom. The molecule has 0 fully saturated rings. The van der Waals surface area contributed by atoms with Gasteiger partial charge in [-0.2, -0.15) is 0 Å². The number of ether oxygens (including phenoxy) is 2. The average molecular weight is 287 g/mol. The first-order valence-corrected chi connectivity index (χ1v) is 6.41. The smallest absolute Gasteiger partial charge is 0.252 e. The van der Waals surface area contributed by atoms with Crippen LogP contribution in [0, 0.1) is 6.92 Å². The molecule has 0 saturated carbocycles. The van der Waals surface area contributed by atoms with E-state index in [0.29, 0.717) is 28.4 Å². The summed E-state index contributed by atoms with van der Waals surface area (Å²) in [4.78, 5) is 11.5. The lowest BCUT2D eigenvalue weighted by atomic mass is 10.1. The number of carbonyl (C=O) groups is 1. The number of aliphatic hydroxyl groups is 1. The molecule has 1 amide bonds. The zero-order valence-corrected chi connectivity index (χ0v) is 11.9. The minimum absolute atomic E-state index is 0.0897. The van der Waals surface area contributed by atoms with Crippen molar-refractivity contribution in [3.05, 3.63) is 53.1 Å². The first kappa shape index (κ1) is 14.9. The number of aryl methyl sites for hydroxylation is 1. The molecule has 2 aromatic rings. The van der Waals surface area contributed by atoms with Crippen LogP contribution < -0.4 is 15.2 Å². The van der Waals surface area contributed by atoms with Crippen molar-refractivity contribution in [3.8, 4) is 17.2 Å². The molecule has 0 spiro atoms. The summed E-state index contributed by atoms with van der Waals surface area (Å²) in [5, 5.41) is 9.13. The standard InChI is InChI=1S/C16H17NO4/c1-10-3-5-12(16(17)19)14(7-10)21-13-6-4-11(9-18)8-15(13)20-2/h3-8,18H,9H2,1-2H3,(H2,17,19). The molecule has 0 bridgehead atoms. The van der Waals surface area contributed by atoms with Crippen molar-refractivity contribution in [1.82, 2.24) is 0 Å². The van der Waals surface area contributed by atoms with Crippen LogP contribution in [-0.2, 0) is 6.61 Å². The first-order chi connectivity index (χ1) is 10.0. The van der Waals surface area contributed by atoms with Gasteiger partial charge in [0.25, 0.3) is 5.91 Å². The van der Waals surface area contributed by atoms with E-state index in [9.17, 15) is 4.79 Å². The van der Waals surface area contributed by atoms with E-state index in [1.54, 1.807) is 36.4 Å². The van der Waals surface area contributed by atoms with Gasteiger partial charge in [-0.25, -0.2) is 0 Å². The lowest BCUT2D eigenvalue weighted by molar-refractivity contribution is 0.0998. The Morgan fingerprint density at radius 1 is 1.14 bits per heavy atom. The van der Waals surface area contributed by atoms with Crippen LogP contribution in [0.2, 0.25) is 0 Å². The van der Waals surface area contributed by atoms with E-state index >= 15 is 0 Å². The van der Waals surface area contributed by atoms with Gasteiger partial charge < -0.3 is 20.3 Å². The van der Waals surface area contributed by atoms with Crippen LogP contribution >= 0.6 is 0 Å². The number of amides is 1. The second-order valence-corrected chi connectivity index (χ2v) is 4.61. The van der Waals surface area contributed by atoms with Crippen LogP contribution in [0.15, 0.2) is 36.4 Å². The summed E-state index contributed by atoms with van der Waals surface area (Å²) in [7, 11) is 1.51. The number of aliphatic hydroxyl groups excluding tert-OH is 1. The van der Waals surface area contributed by atoms with Crippen LogP contribution in [0.4, 0.5) is 0 Å². The normalized spacial score (nSPS) is 10.2. The molecule has 5 heteroatoms. The number of benzene rings is 2. The summed E-state index contributed by atoms with van der Waals surface area (Å²) < 4.78 is 11.0. The molecule has 110 valence electrons. The van der Waals surface area contributed by atoms with E-state index in [2.05, 4.69) is 0 Å². The molecule has 0 aromatic heterocycles. The van der Waals surface area contributed by atoms with Crippen molar-refractivity contribution in [2.24, 2.45) is 5.73 Å². The highest BCUT2D eigenvalue weighted by Crippen LogP contribution is 2.34. The van der Waals surface area contributed by atoms with E-state index in [-0.39, 0.29) is 6.61 Å². The van der Waals surface area contributed by atoms with Gasteiger partial charge in [-0.1, -0.05) is 12.1 Å². The maximum Gasteiger partial charge on any atom is 0.252 e. The van der Waals surface area contributed by atoms with Crippen molar-refractivity contribution >= 4 is 5.91 Å². The second-order valence-electron chi connectivity index (χ2n) is 4.61. The largest absolute Gasteiger partial charge is 0.493 e. The number of carbonyl (C=O) groups excluding carboxylic acids is 1. The summed E-state index contributed by atoms with van der Waals surface area (Å²) >= 11 is 0. The minimum Gasteiger partial charge on any atom is -0.493 e. The Hall–Kier alpha value is -2.53. The molecular formula is C16H17NO4. The average Bonchev–Trinajstić information content (AvgIpc) is 2.47. The quantitative estimate of drug-likeness (QED) is 0.884. The lowest BCUT2D eigenvalue weighted by Gasteiger charge is -2.13. The molecule has 0 aliphatic rings. The van der Waals surface area contributed by atoms with E-state index in [1.165, 1.54) is 7.11 Å². The SMILES string of the molecule is COc1cc(CO)ccc1Oc1cc(C)ccc1C(N)=O. The van der Waals surface area contributed by atoms with Gasteiger partial charge in [0.05, 0.1) is 19.3 Å². The number of primary amides is 1. The minimum atomic E-state index is -0.559. The van der Waals surface area contributed by atoms with Crippen molar-refractivity contribution in [1.29, 1.82) is 0 Å². The van der Waals surface area contributed by atoms with Crippen LogP contribution in [0.1, 0.15) is 21.5 Å². The van der Waals surface area contributed by atoms with Crippen molar-refractivity contribution in [2.75, 3.05) is 7.11 Å². The molecule has 0 radical (unpaired) electrons. The molecule has 0 saturated heterocycles. The number of hydrogen-bond acceptors (Lipinski definition) is 4. The van der Waals surface area contributed by atoms with Crippen LogP contribution in [0.5, 0.6) is 17.2 Å². The summed E-state index contributed by atoms with van der Waals surface area (Å²) in [5.74, 6) is 0.731. The first-order valence-electron chi connectivity index (χ1n) is 6.41. The Morgan fingerprint density at radius 3 is 2.52 bits per heavy atom. The van der Waals surface area contributed by atoms with Gasteiger partial charge in [0.1, 0.15) is 5.75 Å². The Bertz CT molecular complexity index is 667. The van der Waals surface area contributed by atoms with Crippen LogP contribution in [-0.4, -0.2) is 18.1 Å². The number of rotatable bonds is 5. The molecule has 0 aliphatic carbocycles. The molecule has 3 N–H and O–H groups in total. The molecule has 2 rings (SSSR count). The van der Waals surface area contributed by atoms with Gasteiger partial charge in [-0.05, 0) is 42.3 Å². The fraction of sp³-hybridized carbons (Fsp3) is 0.188. The Labute approximate surface area is 122 Å². The van der Waals surface area contributed by atoms with Gasteiger partial charge in [0, 0.05) is 0 Å². The molecule has 5 nitrogen and oxygen atoms in total. The molecule has 0 atom stereocenters. The van der Waals surface area contributed by atoms with Gasteiger partial charge in [0.15, 0.2) is 11.5 Å². The van der Waals surface area contributed by atoms with Crippen molar-refractivity contribution in [3.63, 3.8) is 0 Å². The zero-order valence-electron chi connectivity index (χ0n) is 11.9. The predicted molar refractivity (Wildman–Crippen MR) is 78.7 cm³/mol. The maximum atomic E-state index is 11.5. The van der Waals surface area contributed by atoms with E-state index < -0.39 is 5.91 Å². The molecule has 0 unspecified atom stereocenters. The number of methoxy groups -OCH3 is 1. The Kier molecular flexibility index (Phi) is 4.45. The van der Waals surface area contributed by atoms with E-state index in [4.69, 9.17) is 20.3 Å². The Balaban J connectivity index is 2.42. The molecule has 2 aromatic carbocycles. The fourth-order valence-electron chi connectivity index (χ4n) is 1.93. The highest BCUT2D eigenvalue weighted by atomic mass is 16.5. The second kappa shape index (κ2) is 6.28. The topological polar surface area (TPSA) is 81.8 Å². The monoisotopic (exact) mass is 287 g/mol. The van der Waals surface area contributed by atoms with Gasteiger partial charge in [-0.15, -0.1) is 0 Å². The molecular weight excluding hydrogens is 270 g/mol. The predicted octanol–water partition coefficient (Wildman–Crippen LogP) is 2.39. The maximum absolute atomic E-state index is 11.5. The third-order valence-electron chi connectivity index (χ3n) is 3.03. The molecule has 0 heterocycles. The summed E-state index contributed by atoms with van der Waals surface area (Å²) in [6, 6.07) is 10.2. The summed E-state index contributed by atoms with van der Waals surface area (Å²) in [5.41, 5.74) is 7.30. The summed E-state index contributed by atoms with van der Waals surface area (Å²) in [6.45, 7) is 1.80. The third kappa shape index (κ3) is 3.32. The van der Waals surface area contributed by atoms with E-state index in [1.807, 2.05) is 6.92 Å². The van der Waals surface area contributed by atoms with Crippen molar-refractivity contribution < 1.29 is 19.4 Å². The highest BCUT2D eigenvalue weighted by Gasteiger charge is 2.13. The number of hydrogen-bond donors (Lipinski definition) is 2. The molecule has 0 aliphatic heterocycles. The number of nitrogens with two attached hydrogens (primary N) is 1. The highest BCUT2D eigenvalue weighted by molar-refractivity contribution is 5.95. The molecule has 21 heavy (non-hydrogen) atoms. The fourth-order valence-corrected chi connectivity index (χ4v) is 1.93. The van der Waals surface area contributed by atoms with Gasteiger partial charge >= 0.3 is 0 Å². The van der Waals surface area contributed by atoms with Crippen molar-refractivity contribution in [2.45, 2.75) is 13.5 Å².